The van der Waals surface area contributed by atoms with Crippen LogP contribution in [0.1, 0.15) is 47.4 Å². The van der Waals surface area contributed by atoms with Crippen molar-refractivity contribution in [2.24, 2.45) is 0 Å². The van der Waals surface area contributed by atoms with Crippen molar-refractivity contribution in [3.05, 3.63) is 57.3 Å². The van der Waals surface area contributed by atoms with Gasteiger partial charge in [-0.1, -0.05) is 37.6 Å². The maximum atomic E-state index is 3.73. The maximum absolute atomic E-state index is 3.73. The van der Waals surface area contributed by atoms with Crippen molar-refractivity contribution in [3.8, 4) is 0 Å². The second-order valence-corrected chi connectivity index (χ2v) is 6.09. The summed E-state index contributed by atoms with van der Waals surface area (Å²) in [7, 11) is 0. The average Bonchev–Trinajstić information content (AvgIpc) is 2.90. The summed E-state index contributed by atoms with van der Waals surface area (Å²) in [6.07, 6.45) is 2.41. The first-order chi connectivity index (χ1) is 9.22. The smallest absolute Gasteiger partial charge is 0.0417 e. The molecular formula is C17H23NS. The van der Waals surface area contributed by atoms with Crippen molar-refractivity contribution >= 4 is 11.3 Å². The Morgan fingerprint density at radius 2 is 1.84 bits per heavy atom. The fourth-order valence-corrected chi connectivity index (χ4v) is 3.31. The second kappa shape index (κ2) is 6.88. The molecule has 2 heteroatoms. The summed E-state index contributed by atoms with van der Waals surface area (Å²) in [5.74, 6) is 0. The van der Waals surface area contributed by atoms with Crippen molar-refractivity contribution in [2.75, 3.05) is 0 Å². The summed E-state index contributed by atoms with van der Waals surface area (Å²) in [6, 6.07) is 11.4. The van der Waals surface area contributed by atoms with E-state index in [9.17, 15) is 0 Å². The Bertz CT molecular complexity index is 482. The normalized spacial score (nSPS) is 12.6. The molecule has 0 aliphatic heterocycles. The molecule has 0 amide bonds. The van der Waals surface area contributed by atoms with Crippen LogP contribution in [0.15, 0.2) is 35.7 Å². The van der Waals surface area contributed by atoms with E-state index in [1.54, 1.807) is 0 Å². The van der Waals surface area contributed by atoms with E-state index in [-0.39, 0.29) is 0 Å². The Labute approximate surface area is 120 Å². The predicted octanol–water partition coefficient (Wildman–Crippen LogP) is 5.00. The number of thiophene rings is 1. The number of hydrogen-bond donors (Lipinski definition) is 1. The van der Waals surface area contributed by atoms with E-state index < -0.39 is 0 Å². The third-order valence-electron chi connectivity index (χ3n) is 3.63. The zero-order chi connectivity index (χ0) is 13.7. The highest BCUT2D eigenvalue weighted by Gasteiger charge is 2.12. The van der Waals surface area contributed by atoms with Crippen LogP contribution in [0.2, 0.25) is 0 Å². The highest BCUT2D eigenvalue weighted by molar-refractivity contribution is 7.10. The lowest BCUT2D eigenvalue weighted by Gasteiger charge is -2.18. The van der Waals surface area contributed by atoms with Crippen LogP contribution in [-0.2, 0) is 6.54 Å². The van der Waals surface area contributed by atoms with Crippen LogP contribution in [-0.4, -0.2) is 0 Å². The zero-order valence-corrected chi connectivity index (χ0v) is 12.9. The van der Waals surface area contributed by atoms with Crippen molar-refractivity contribution in [2.45, 2.75) is 46.2 Å². The predicted molar refractivity (Wildman–Crippen MR) is 84.7 cm³/mol. The Morgan fingerprint density at radius 3 is 2.42 bits per heavy atom. The van der Waals surface area contributed by atoms with Crippen LogP contribution in [0.3, 0.4) is 0 Å². The molecule has 0 spiro atoms. The molecule has 2 aromatic rings. The molecule has 0 radical (unpaired) electrons. The van der Waals surface area contributed by atoms with Gasteiger partial charge in [-0.3, -0.25) is 0 Å². The highest BCUT2D eigenvalue weighted by atomic mass is 32.1. The van der Waals surface area contributed by atoms with E-state index in [2.05, 4.69) is 61.8 Å². The molecule has 1 nitrogen and oxygen atoms in total. The van der Waals surface area contributed by atoms with Gasteiger partial charge in [0, 0.05) is 17.5 Å². The largest absolute Gasteiger partial charge is 0.305 e. The van der Waals surface area contributed by atoms with Gasteiger partial charge in [0.15, 0.2) is 0 Å². The van der Waals surface area contributed by atoms with Crippen molar-refractivity contribution < 1.29 is 0 Å². The Morgan fingerprint density at radius 1 is 1.11 bits per heavy atom. The fraction of sp³-hybridized carbons (Fsp3) is 0.412. The van der Waals surface area contributed by atoms with Gasteiger partial charge in [0.25, 0.3) is 0 Å². The number of benzene rings is 1. The summed E-state index contributed by atoms with van der Waals surface area (Å²) in [5, 5.41) is 5.90. The minimum absolute atomic E-state index is 0.490. The summed E-state index contributed by atoms with van der Waals surface area (Å²) in [4.78, 5) is 1.45. The zero-order valence-electron chi connectivity index (χ0n) is 12.1. The second-order valence-electron chi connectivity index (χ2n) is 5.11. The third kappa shape index (κ3) is 3.68. The van der Waals surface area contributed by atoms with E-state index in [0.29, 0.717) is 6.04 Å². The van der Waals surface area contributed by atoms with Gasteiger partial charge in [0.1, 0.15) is 0 Å². The standard InChI is InChI=1S/C17H23NS/c1-4-7-16(17-10-6-11-19-17)18-12-15-13(2)8-5-9-14(15)3/h5-6,8-11,16,18H,4,7,12H2,1-3H3. The lowest BCUT2D eigenvalue weighted by molar-refractivity contribution is 0.499. The Kier molecular flexibility index (Phi) is 5.17. The Hall–Kier alpha value is -1.12. The van der Waals surface area contributed by atoms with Crippen LogP contribution >= 0.6 is 11.3 Å². The molecule has 1 aromatic heterocycles. The number of aryl methyl sites for hydroxylation is 2. The molecule has 0 fully saturated rings. The Balaban J connectivity index is 2.07. The first-order valence-electron chi connectivity index (χ1n) is 7.04. The molecule has 102 valence electrons. The lowest BCUT2D eigenvalue weighted by Crippen LogP contribution is -2.21. The molecule has 1 atom stereocenters. The molecule has 19 heavy (non-hydrogen) atoms. The highest BCUT2D eigenvalue weighted by Crippen LogP contribution is 2.24. The minimum atomic E-state index is 0.490. The molecule has 0 saturated carbocycles. The van der Waals surface area contributed by atoms with E-state index in [0.717, 1.165) is 6.54 Å². The van der Waals surface area contributed by atoms with Gasteiger partial charge in [-0.2, -0.15) is 0 Å². The topological polar surface area (TPSA) is 12.0 Å². The maximum Gasteiger partial charge on any atom is 0.0417 e. The molecule has 1 N–H and O–H groups in total. The molecule has 0 saturated heterocycles. The van der Waals surface area contributed by atoms with Crippen molar-refractivity contribution in [3.63, 3.8) is 0 Å². The molecule has 1 heterocycles. The summed E-state index contributed by atoms with van der Waals surface area (Å²) < 4.78 is 0. The molecule has 2 rings (SSSR count). The average molecular weight is 273 g/mol. The molecule has 1 unspecified atom stereocenters. The third-order valence-corrected chi connectivity index (χ3v) is 4.62. The van der Waals surface area contributed by atoms with Gasteiger partial charge in [-0.25, -0.2) is 0 Å². The van der Waals surface area contributed by atoms with Crippen LogP contribution < -0.4 is 5.32 Å². The van der Waals surface area contributed by atoms with Gasteiger partial charge in [-0.15, -0.1) is 11.3 Å². The van der Waals surface area contributed by atoms with E-state index >= 15 is 0 Å². The van der Waals surface area contributed by atoms with Gasteiger partial charge in [0.2, 0.25) is 0 Å². The van der Waals surface area contributed by atoms with Crippen LogP contribution in [0.5, 0.6) is 0 Å². The molecular weight excluding hydrogens is 250 g/mol. The summed E-state index contributed by atoms with van der Waals surface area (Å²) in [5.41, 5.74) is 4.21. The lowest BCUT2D eigenvalue weighted by atomic mass is 10.0. The monoisotopic (exact) mass is 273 g/mol. The summed E-state index contributed by atoms with van der Waals surface area (Å²) >= 11 is 1.85. The molecule has 0 bridgehead atoms. The van der Waals surface area contributed by atoms with Gasteiger partial charge in [0.05, 0.1) is 0 Å². The van der Waals surface area contributed by atoms with E-state index in [1.165, 1.54) is 34.4 Å². The van der Waals surface area contributed by atoms with Crippen LogP contribution in [0.25, 0.3) is 0 Å². The van der Waals surface area contributed by atoms with Crippen LogP contribution in [0, 0.1) is 13.8 Å². The number of hydrogen-bond acceptors (Lipinski definition) is 2. The van der Waals surface area contributed by atoms with Crippen molar-refractivity contribution in [1.29, 1.82) is 0 Å². The van der Waals surface area contributed by atoms with Gasteiger partial charge in [-0.05, 0) is 48.4 Å². The molecule has 0 aliphatic rings. The van der Waals surface area contributed by atoms with Gasteiger partial charge >= 0.3 is 0 Å². The van der Waals surface area contributed by atoms with Crippen LogP contribution in [0.4, 0.5) is 0 Å². The van der Waals surface area contributed by atoms with Crippen molar-refractivity contribution in [1.82, 2.24) is 5.32 Å². The molecule has 1 aromatic carbocycles. The quantitative estimate of drug-likeness (QED) is 0.781. The SMILES string of the molecule is CCCC(NCc1c(C)cccc1C)c1cccs1. The van der Waals surface area contributed by atoms with E-state index in [1.807, 2.05) is 11.3 Å². The van der Waals surface area contributed by atoms with Gasteiger partial charge < -0.3 is 5.32 Å². The first kappa shape index (κ1) is 14.3. The fourth-order valence-electron chi connectivity index (χ4n) is 2.48. The summed E-state index contributed by atoms with van der Waals surface area (Å²) in [6.45, 7) is 7.61. The van der Waals surface area contributed by atoms with E-state index in [4.69, 9.17) is 0 Å². The number of nitrogens with one attached hydrogen (secondary N) is 1. The number of rotatable bonds is 6. The molecule has 0 aliphatic carbocycles. The first-order valence-corrected chi connectivity index (χ1v) is 7.92. The minimum Gasteiger partial charge on any atom is -0.305 e.